The topological polar surface area (TPSA) is 26.0 Å². The number of thioether (sulfide) groups is 1. The Morgan fingerprint density at radius 1 is 1.75 bits per heavy atom. The van der Waals surface area contributed by atoms with Gasteiger partial charge in [-0.1, -0.05) is 30.9 Å². The third kappa shape index (κ3) is 9.98. The van der Waals surface area contributed by atoms with Gasteiger partial charge in [-0.3, -0.25) is 0 Å². The molecule has 44 valence electrons. The van der Waals surface area contributed by atoms with Crippen molar-refractivity contribution in [3.8, 4) is 0 Å². The molecule has 0 aliphatic rings. The van der Waals surface area contributed by atoms with Crippen LogP contribution in [0.15, 0.2) is 0 Å². The minimum atomic E-state index is 0. The predicted octanol–water partition coefficient (Wildman–Crippen LogP) is 1.37. The Labute approximate surface area is 72.5 Å². The van der Waals surface area contributed by atoms with Crippen LogP contribution in [0.3, 0.4) is 0 Å². The van der Waals surface area contributed by atoms with Crippen LogP contribution in [-0.4, -0.2) is 10.1 Å². The van der Waals surface area contributed by atoms with Gasteiger partial charge in [0.2, 0.25) is 0 Å². The van der Waals surface area contributed by atoms with Gasteiger partial charge < -0.3 is 5.73 Å². The fourth-order valence-corrected chi connectivity index (χ4v) is 0.858. The molecule has 0 unspecified atom stereocenters. The average molecular weight is 201 g/mol. The largest absolute Gasteiger partial charge is 0.385 e. The van der Waals surface area contributed by atoms with Crippen LogP contribution in [0.5, 0.6) is 0 Å². The zero-order chi connectivity index (χ0) is 5.70. The maximum Gasteiger partial charge on any atom is 0.131 e. The van der Waals surface area contributed by atoms with Crippen molar-refractivity contribution in [2.75, 3.05) is 5.75 Å². The maximum atomic E-state index is 5.17. The second-order valence-electron chi connectivity index (χ2n) is 1.17. The summed E-state index contributed by atoms with van der Waals surface area (Å²) in [5.74, 6) is 1.05. The molecule has 0 aliphatic carbocycles. The van der Waals surface area contributed by atoms with Gasteiger partial charge in [0.1, 0.15) is 4.32 Å². The number of hydrogen-bond acceptors (Lipinski definition) is 2. The molecule has 0 saturated heterocycles. The summed E-state index contributed by atoms with van der Waals surface area (Å²) in [4.78, 5) is 0. The molecule has 0 saturated carbocycles. The standard InChI is InChI=1S/C4H9NS2.Zn/c1-2-3-7-4(5)6;/h2-3H2,1H3,(H2,5,6);. The smallest absolute Gasteiger partial charge is 0.131 e. The van der Waals surface area contributed by atoms with E-state index in [9.17, 15) is 0 Å². The summed E-state index contributed by atoms with van der Waals surface area (Å²) >= 11 is 6.14. The van der Waals surface area contributed by atoms with Crippen molar-refractivity contribution in [1.82, 2.24) is 0 Å². The molecular formula is C4H9NS2Zn. The van der Waals surface area contributed by atoms with E-state index in [0.29, 0.717) is 4.32 Å². The average Bonchev–Trinajstić information content (AvgIpc) is 1.61. The minimum Gasteiger partial charge on any atom is -0.385 e. The summed E-state index contributed by atoms with van der Waals surface area (Å²) in [5, 5.41) is 0. The molecule has 2 N–H and O–H groups in total. The number of rotatable bonds is 2. The Bertz CT molecular complexity index is 67.1. The molecule has 0 aromatic heterocycles. The molecule has 0 aliphatic heterocycles. The molecule has 0 aromatic rings. The first-order valence-corrected chi connectivity index (χ1v) is 3.59. The van der Waals surface area contributed by atoms with Crippen LogP contribution in [0.4, 0.5) is 0 Å². The van der Waals surface area contributed by atoms with Gasteiger partial charge in [-0.05, 0) is 12.2 Å². The molecule has 8 heavy (non-hydrogen) atoms. The Morgan fingerprint density at radius 3 is 2.38 bits per heavy atom. The number of hydrogen-bond donors (Lipinski definition) is 1. The van der Waals surface area contributed by atoms with Crippen LogP contribution in [0.25, 0.3) is 0 Å². The summed E-state index contributed by atoms with van der Waals surface area (Å²) in [7, 11) is 0. The van der Waals surface area contributed by atoms with E-state index in [-0.39, 0.29) is 19.5 Å². The van der Waals surface area contributed by atoms with Gasteiger partial charge in [-0.15, -0.1) is 0 Å². The summed E-state index contributed by atoms with van der Waals surface area (Å²) in [6.45, 7) is 2.10. The van der Waals surface area contributed by atoms with E-state index >= 15 is 0 Å². The molecule has 0 fully saturated rings. The van der Waals surface area contributed by atoms with Crippen LogP contribution >= 0.6 is 24.0 Å². The van der Waals surface area contributed by atoms with Gasteiger partial charge in [-0.2, -0.15) is 0 Å². The quantitative estimate of drug-likeness (QED) is 0.539. The first-order chi connectivity index (χ1) is 3.27. The van der Waals surface area contributed by atoms with Crippen molar-refractivity contribution in [3.05, 3.63) is 0 Å². The number of nitrogens with two attached hydrogens (primary N) is 1. The van der Waals surface area contributed by atoms with Crippen molar-refractivity contribution in [2.45, 2.75) is 13.3 Å². The molecule has 0 aromatic carbocycles. The summed E-state index contributed by atoms with van der Waals surface area (Å²) in [5.41, 5.74) is 5.17. The van der Waals surface area contributed by atoms with Crippen LogP contribution in [-0.2, 0) is 19.5 Å². The second kappa shape index (κ2) is 7.86. The zero-order valence-corrected chi connectivity index (χ0v) is 9.62. The summed E-state index contributed by atoms with van der Waals surface area (Å²) in [6.07, 6.45) is 1.14. The summed E-state index contributed by atoms with van der Waals surface area (Å²) in [6, 6.07) is 0. The molecule has 0 spiro atoms. The molecule has 1 nitrogen and oxygen atoms in total. The van der Waals surface area contributed by atoms with E-state index in [0.717, 1.165) is 12.2 Å². The molecule has 0 atom stereocenters. The van der Waals surface area contributed by atoms with Gasteiger partial charge in [-0.25, -0.2) is 0 Å². The van der Waals surface area contributed by atoms with Crippen molar-refractivity contribution in [1.29, 1.82) is 0 Å². The van der Waals surface area contributed by atoms with E-state index in [2.05, 4.69) is 19.1 Å². The van der Waals surface area contributed by atoms with Crippen LogP contribution < -0.4 is 5.73 Å². The van der Waals surface area contributed by atoms with E-state index in [1.54, 1.807) is 11.8 Å². The predicted molar refractivity (Wildman–Crippen MR) is 39.5 cm³/mol. The monoisotopic (exact) mass is 199 g/mol. The van der Waals surface area contributed by atoms with Gasteiger partial charge in [0.05, 0.1) is 0 Å². The minimum absolute atomic E-state index is 0. The Hall–Kier alpha value is 0.863. The molecule has 0 bridgehead atoms. The van der Waals surface area contributed by atoms with E-state index in [1.165, 1.54) is 0 Å². The molecular weight excluding hydrogens is 192 g/mol. The van der Waals surface area contributed by atoms with Gasteiger partial charge in [0.25, 0.3) is 0 Å². The van der Waals surface area contributed by atoms with Crippen molar-refractivity contribution in [3.63, 3.8) is 0 Å². The third-order valence-corrected chi connectivity index (χ3v) is 1.70. The first-order valence-electron chi connectivity index (χ1n) is 2.19. The van der Waals surface area contributed by atoms with E-state index in [4.69, 9.17) is 5.73 Å². The SMILES string of the molecule is CCCSC(N)=S.[Zn]. The van der Waals surface area contributed by atoms with Gasteiger partial charge in [0, 0.05) is 19.5 Å². The van der Waals surface area contributed by atoms with E-state index < -0.39 is 0 Å². The molecule has 4 heteroatoms. The Morgan fingerprint density at radius 2 is 2.25 bits per heavy atom. The van der Waals surface area contributed by atoms with Crippen LogP contribution in [0.1, 0.15) is 13.3 Å². The fraction of sp³-hybridized carbons (Fsp3) is 0.750. The normalized spacial score (nSPS) is 7.62. The van der Waals surface area contributed by atoms with Crippen molar-refractivity contribution in [2.24, 2.45) is 5.73 Å². The molecule has 0 rings (SSSR count). The zero-order valence-electron chi connectivity index (χ0n) is 5.02. The van der Waals surface area contributed by atoms with Gasteiger partial charge >= 0.3 is 0 Å². The second-order valence-corrected chi connectivity index (χ2v) is 3.00. The Kier molecular flexibility index (Phi) is 11.4. The Balaban J connectivity index is 0. The fourth-order valence-electron chi connectivity index (χ4n) is 0.203. The van der Waals surface area contributed by atoms with Crippen LogP contribution in [0, 0.1) is 0 Å². The van der Waals surface area contributed by atoms with Crippen molar-refractivity contribution < 1.29 is 19.5 Å². The van der Waals surface area contributed by atoms with Gasteiger partial charge in [0.15, 0.2) is 0 Å². The molecule has 0 heterocycles. The maximum absolute atomic E-state index is 5.17. The van der Waals surface area contributed by atoms with E-state index in [1.807, 2.05) is 0 Å². The molecule has 0 amide bonds. The first kappa shape index (κ1) is 11.6. The number of thiocarbonyl (C=S) groups is 1. The summed E-state index contributed by atoms with van der Waals surface area (Å²) < 4.78 is 0.557. The van der Waals surface area contributed by atoms with Crippen LogP contribution in [0.2, 0.25) is 0 Å². The van der Waals surface area contributed by atoms with Crippen molar-refractivity contribution >= 4 is 28.3 Å². The molecule has 0 radical (unpaired) electrons. The third-order valence-electron chi connectivity index (χ3n) is 0.448.